The molecule has 0 radical (unpaired) electrons. The van der Waals surface area contributed by atoms with E-state index >= 15 is 0 Å². The number of carbonyl (C=O) groups excluding carboxylic acids is 2. The monoisotopic (exact) mass is 363 g/mol. The average Bonchev–Trinajstić information content (AvgIpc) is 3.02. The zero-order chi connectivity index (χ0) is 19.6. The molecule has 1 aromatic heterocycles. The Morgan fingerprint density at radius 1 is 1.11 bits per heavy atom. The van der Waals surface area contributed by atoms with Crippen LogP contribution in [0.25, 0.3) is 10.9 Å². The Labute approximate surface area is 159 Å². The maximum Gasteiger partial charge on any atom is 0.251 e. The Balaban J connectivity index is 1.76. The molecule has 0 bridgehead atoms. The Morgan fingerprint density at radius 2 is 1.78 bits per heavy atom. The van der Waals surface area contributed by atoms with Crippen LogP contribution in [0.1, 0.15) is 38.9 Å². The zero-order valence-electron chi connectivity index (χ0n) is 16.2. The molecule has 0 aliphatic heterocycles. The van der Waals surface area contributed by atoms with Gasteiger partial charge in [-0.1, -0.05) is 30.3 Å². The van der Waals surface area contributed by atoms with Crippen molar-refractivity contribution in [3.05, 3.63) is 70.9 Å². The van der Waals surface area contributed by atoms with Gasteiger partial charge in [-0.25, -0.2) is 0 Å². The van der Waals surface area contributed by atoms with Crippen molar-refractivity contribution < 1.29 is 9.59 Å². The summed E-state index contributed by atoms with van der Waals surface area (Å²) in [5.74, 6) is 0.00249. The molecule has 2 N–H and O–H groups in total. The van der Waals surface area contributed by atoms with Crippen molar-refractivity contribution in [3.8, 4) is 0 Å². The Kier molecular flexibility index (Phi) is 5.42. The molecule has 5 nitrogen and oxygen atoms in total. The largest absolute Gasteiger partial charge is 0.358 e. The van der Waals surface area contributed by atoms with Crippen LogP contribution in [0.2, 0.25) is 0 Å². The van der Waals surface area contributed by atoms with Crippen LogP contribution in [0.15, 0.2) is 48.5 Å². The second-order valence-electron chi connectivity index (χ2n) is 6.90. The molecule has 1 amide bonds. The van der Waals surface area contributed by atoms with Crippen LogP contribution in [-0.2, 0) is 6.54 Å². The Morgan fingerprint density at radius 3 is 2.44 bits per heavy atom. The maximum atomic E-state index is 13.1. The number of benzene rings is 2. The number of para-hydroxylation sites is 1. The van der Waals surface area contributed by atoms with Crippen molar-refractivity contribution in [2.24, 2.45) is 0 Å². The van der Waals surface area contributed by atoms with Crippen LogP contribution < -0.4 is 5.32 Å². The highest BCUT2D eigenvalue weighted by molar-refractivity contribution is 6.11. The summed E-state index contributed by atoms with van der Waals surface area (Å²) >= 11 is 0. The second-order valence-corrected chi connectivity index (χ2v) is 6.90. The SMILES string of the molecule is CNC(=O)c1ccc(CN(C)[C@@H](C)C(=O)c2c(C)[nH]c3ccccc23)cc1. The summed E-state index contributed by atoms with van der Waals surface area (Å²) in [6, 6.07) is 15.1. The average molecular weight is 363 g/mol. The summed E-state index contributed by atoms with van der Waals surface area (Å²) in [5, 5.41) is 3.58. The first-order valence-corrected chi connectivity index (χ1v) is 9.05. The summed E-state index contributed by atoms with van der Waals surface area (Å²) in [4.78, 5) is 30.1. The van der Waals surface area contributed by atoms with Gasteiger partial charge in [0.25, 0.3) is 5.91 Å². The fourth-order valence-corrected chi connectivity index (χ4v) is 3.33. The molecule has 0 aliphatic carbocycles. The Hall–Kier alpha value is -2.92. The lowest BCUT2D eigenvalue weighted by Crippen LogP contribution is -2.35. The van der Waals surface area contributed by atoms with E-state index in [1.54, 1.807) is 19.2 Å². The van der Waals surface area contributed by atoms with Crippen LogP contribution in [0, 0.1) is 6.92 Å². The van der Waals surface area contributed by atoms with Gasteiger partial charge >= 0.3 is 0 Å². The molecule has 0 fully saturated rings. The lowest BCUT2D eigenvalue weighted by atomic mass is 10.0. The highest BCUT2D eigenvalue weighted by atomic mass is 16.1. The first-order valence-electron chi connectivity index (χ1n) is 9.05. The number of rotatable bonds is 6. The minimum absolute atomic E-state index is 0.103. The smallest absolute Gasteiger partial charge is 0.251 e. The number of nitrogens with zero attached hydrogens (tertiary/aromatic N) is 1. The molecule has 0 aliphatic rings. The number of ketones is 1. The van der Waals surface area contributed by atoms with Crippen LogP contribution in [0.4, 0.5) is 0 Å². The maximum absolute atomic E-state index is 13.1. The third-order valence-corrected chi connectivity index (χ3v) is 5.06. The molecule has 5 heteroatoms. The van der Waals surface area contributed by atoms with E-state index in [0.29, 0.717) is 12.1 Å². The first kappa shape index (κ1) is 18.9. The molecule has 1 atom stereocenters. The van der Waals surface area contributed by atoms with Crippen LogP contribution in [0.5, 0.6) is 0 Å². The number of H-pyrrole nitrogens is 1. The lowest BCUT2D eigenvalue weighted by molar-refractivity contribution is 0.0863. The van der Waals surface area contributed by atoms with E-state index in [-0.39, 0.29) is 17.7 Å². The van der Waals surface area contributed by atoms with Crippen molar-refractivity contribution in [1.82, 2.24) is 15.2 Å². The quantitative estimate of drug-likeness (QED) is 0.659. The predicted molar refractivity (Wildman–Crippen MR) is 108 cm³/mol. The van der Waals surface area contributed by atoms with Crippen LogP contribution in [-0.4, -0.2) is 41.7 Å². The molecule has 0 unspecified atom stereocenters. The van der Waals surface area contributed by atoms with Gasteiger partial charge in [0, 0.05) is 41.3 Å². The molecule has 0 saturated heterocycles. The molecule has 3 rings (SSSR count). The minimum atomic E-state index is -0.262. The van der Waals surface area contributed by atoms with E-state index in [0.717, 1.165) is 27.7 Å². The van der Waals surface area contributed by atoms with Gasteiger partial charge in [0.2, 0.25) is 0 Å². The van der Waals surface area contributed by atoms with Crippen molar-refractivity contribution in [2.75, 3.05) is 14.1 Å². The number of amides is 1. The summed E-state index contributed by atoms with van der Waals surface area (Å²) in [7, 11) is 3.56. The van der Waals surface area contributed by atoms with Crippen molar-refractivity contribution >= 4 is 22.6 Å². The third kappa shape index (κ3) is 3.78. The molecule has 1 heterocycles. The fraction of sp³-hybridized carbons (Fsp3) is 0.273. The minimum Gasteiger partial charge on any atom is -0.358 e. The lowest BCUT2D eigenvalue weighted by Gasteiger charge is -2.24. The van der Waals surface area contributed by atoms with Gasteiger partial charge in [-0.05, 0) is 44.7 Å². The van der Waals surface area contributed by atoms with E-state index in [9.17, 15) is 9.59 Å². The van der Waals surface area contributed by atoms with Crippen molar-refractivity contribution in [1.29, 1.82) is 0 Å². The summed E-state index contributed by atoms with van der Waals surface area (Å²) < 4.78 is 0. The fourth-order valence-electron chi connectivity index (χ4n) is 3.33. The van der Waals surface area contributed by atoms with Gasteiger partial charge < -0.3 is 10.3 Å². The molecule has 0 spiro atoms. The third-order valence-electron chi connectivity index (χ3n) is 5.06. The molecular formula is C22H25N3O2. The second kappa shape index (κ2) is 7.76. The van der Waals surface area contributed by atoms with Crippen LogP contribution >= 0.6 is 0 Å². The molecular weight excluding hydrogens is 338 g/mol. The number of Topliss-reactive ketones (excluding diaryl/α,β-unsaturated/α-hetero) is 1. The number of aromatic nitrogens is 1. The molecule has 27 heavy (non-hydrogen) atoms. The number of hydrogen-bond acceptors (Lipinski definition) is 3. The Bertz CT molecular complexity index is 973. The molecule has 140 valence electrons. The number of fused-ring (bicyclic) bond motifs is 1. The van der Waals surface area contributed by atoms with Gasteiger partial charge in [-0.2, -0.15) is 0 Å². The topological polar surface area (TPSA) is 65.2 Å². The molecule has 3 aromatic rings. The van der Waals surface area contributed by atoms with Crippen molar-refractivity contribution in [3.63, 3.8) is 0 Å². The van der Waals surface area contributed by atoms with E-state index < -0.39 is 0 Å². The standard InChI is InChI=1S/C22H25N3O2/c1-14-20(18-7-5-6-8-19(18)24-14)21(26)15(2)25(4)13-16-9-11-17(12-10-16)22(27)23-3/h5-12,15,24H,13H2,1-4H3,(H,23,27)/t15-/m0/s1. The zero-order valence-corrected chi connectivity index (χ0v) is 16.2. The predicted octanol–water partition coefficient (Wildman–Crippen LogP) is 3.54. The highest BCUT2D eigenvalue weighted by Crippen LogP contribution is 2.24. The number of likely N-dealkylation sites (N-methyl/N-ethyl adjacent to an activating group) is 1. The van der Waals surface area contributed by atoms with E-state index in [1.165, 1.54) is 0 Å². The molecule has 0 saturated carbocycles. The van der Waals surface area contributed by atoms with Gasteiger partial charge in [-0.15, -0.1) is 0 Å². The summed E-state index contributed by atoms with van der Waals surface area (Å²) in [6.07, 6.45) is 0. The van der Waals surface area contributed by atoms with Gasteiger partial charge in [0.1, 0.15) is 0 Å². The summed E-state index contributed by atoms with van der Waals surface area (Å²) in [6.45, 7) is 4.50. The van der Waals surface area contributed by atoms with Crippen LogP contribution in [0.3, 0.4) is 0 Å². The summed E-state index contributed by atoms with van der Waals surface area (Å²) in [5.41, 5.74) is 4.33. The number of nitrogens with one attached hydrogen (secondary N) is 2. The number of carbonyl (C=O) groups is 2. The normalized spacial score (nSPS) is 12.3. The van der Waals surface area contributed by atoms with E-state index in [4.69, 9.17) is 0 Å². The van der Waals surface area contributed by atoms with Gasteiger partial charge in [0.05, 0.1) is 6.04 Å². The number of aryl methyl sites for hydroxylation is 1. The number of hydrogen-bond donors (Lipinski definition) is 2. The highest BCUT2D eigenvalue weighted by Gasteiger charge is 2.24. The van der Waals surface area contributed by atoms with Crippen molar-refractivity contribution in [2.45, 2.75) is 26.4 Å². The van der Waals surface area contributed by atoms with E-state index in [1.807, 2.05) is 62.2 Å². The number of aromatic amines is 1. The van der Waals surface area contributed by atoms with E-state index in [2.05, 4.69) is 10.3 Å². The van der Waals surface area contributed by atoms with Gasteiger partial charge in [-0.3, -0.25) is 14.5 Å². The molecule has 2 aromatic carbocycles. The van der Waals surface area contributed by atoms with Gasteiger partial charge in [0.15, 0.2) is 5.78 Å². The first-order chi connectivity index (χ1) is 12.9.